The predicted octanol–water partition coefficient (Wildman–Crippen LogP) is 2.46. The van der Waals surface area contributed by atoms with Crippen LogP contribution in [0.3, 0.4) is 0 Å². The lowest BCUT2D eigenvalue weighted by atomic mass is 10.2. The van der Waals surface area contributed by atoms with E-state index in [-0.39, 0.29) is 15.6 Å². The summed E-state index contributed by atoms with van der Waals surface area (Å²) < 4.78 is 4.88. The van der Waals surface area contributed by atoms with E-state index in [1.54, 1.807) is 6.29 Å². The number of rotatable bonds is 2. The van der Waals surface area contributed by atoms with Gasteiger partial charge in [-0.3, -0.25) is 4.79 Å². The van der Waals surface area contributed by atoms with E-state index in [2.05, 4.69) is 0 Å². The third-order valence-corrected chi connectivity index (χ3v) is 1.95. The van der Waals surface area contributed by atoms with Crippen molar-refractivity contribution in [2.75, 3.05) is 7.11 Å². The SMILES string of the molecule is COc1cc(Cl)c([C]=O)c(Cl)c1. The molecule has 1 radical (unpaired) electrons. The molecule has 2 nitrogen and oxygen atoms in total. The molecule has 1 rings (SSSR count). The van der Waals surface area contributed by atoms with Crippen LogP contribution in [0.5, 0.6) is 5.75 Å². The van der Waals surface area contributed by atoms with Crippen LogP contribution in [0.25, 0.3) is 0 Å². The van der Waals surface area contributed by atoms with Gasteiger partial charge in [-0.25, -0.2) is 0 Å². The van der Waals surface area contributed by atoms with Crippen LogP contribution < -0.4 is 4.74 Å². The lowest BCUT2D eigenvalue weighted by molar-refractivity contribution is 0.415. The van der Waals surface area contributed by atoms with Gasteiger partial charge in [-0.2, -0.15) is 0 Å². The highest BCUT2D eigenvalue weighted by Crippen LogP contribution is 2.28. The Bertz CT molecular complexity index is 287. The number of carbonyl (C=O) groups excluding carboxylic acids is 1. The summed E-state index contributed by atoms with van der Waals surface area (Å²) in [5.74, 6) is 0.518. The Labute approximate surface area is 80.0 Å². The van der Waals surface area contributed by atoms with Gasteiger partial charge < -0.3 is 4.74 Å². The van der Waals surface area contributed by atoms with Crippen molar-refractivity contribution < 1.29 is 9.53 Å². The molecule has 0 unspecified atom stereocenters. The van der Waals surface area contributed by atoms with Crippen molar-refractivity contribution in [2.45, 2.75) is 0 Å². The molecule has 0 bridgehead atoms. The third kappa shape index (κ3) is 1.71. The van der Waals surface area contributed by atoms with Gasteiger partial charge in [-0.05, 0) is 12.1 Å². The van der Waals surface area contributed by atoms with Crippen LogP contribution in [0, 0.1) is 0 Å². The molecule has 0 atom stereocenters. The minimum absolute atomic E-state index is 0.166. The average molecular weight is 204 g/mol. The molecule has 0 amide bonds. The minimum Gasteiger partial charge on any atom is -0.497 e. The standard InChI is InChI=1S/C8H5Cl2O2/c1-12-5-2-7(9)6(4-11)8(10)3-5/h2-3H,1H3. The highest BCUT2D eigenvalue weighted by molar-refractivity contribution is 6.38. The van der Waals surface area contributed by atoms with Crippen molar-refractivity contribution in [1.29, 1.82) is 0 Å². The molecule has 0 aliphatic rings. The molecule has 63 valence electrons. The normalized spacial score (nSPS) is 9.58. The maximum absolute atomic E-state index is 10.3. The second-order valence-electron chi connectivity index (χ2n) is 2.07. The molecule has 0 spiro atoms. The zero-order valence-electron chi connectivity index (χ0n) is 6.23. The van der Waals surface area contributed by atoms with Gasteiger partial charge in [0.1, 0.15) is 5.75 Å². The zero-order chi connectivity index (χ0) is 9.14. The summed E-state index contributed by atoms with van der Waals surface area (Å²) in [7, 11) is 1.49. The molecule has 4 heteroatoms. The van der Waals surface area contributed by atoms with E-state index in [1.807, 2.05) is 0 Å². The first kappa shape index (κ1) is 9.36. The Kier molecular flexibility index (Phi) is 2.95. The number of hydrogen-bond donors (Lipinski definition) is 0. The van der Waals surface area contributed by atoms with Crippen LogP contribution in [0.2, 0.25) is 10.0 Å². The summed E-state index contributed by atoms with van der Waals surface area (Å²) in [6, 6.07) is 3.02. The molecular formula is C8H5Cl2O2. The number of hydrogen-bond acceptors (Lipinski definition) is 2. The zero-order valence-corrected chi connectivity index (χ0v) is 7.74. The molecule has 0 aliphatic heterocycles. The fraction of sp³-hybridized carbons (Fsp3) is 0.125. The lowest BCUT2D eigenvalue weighted by Gasteiger charge is -2.03. The van der Waals surface area contributed by atoms with E-state index in [0.717, 1.165) is 0 Å². The summed E-state index contributed by atoms with van der Waals surface area (Å²) in [6.45, 7) is 0. The van der Waals surface area contributed by atoms with Gasteiger partial charge in [0.05, 0.1) is 22.7 Å². The van der Waals surface area contributed by atoms with Crippen molar-refractivity contribution in [3.63, 3.8) is 0 Å². The molecule has 0 saturated heterocycles. The highest BCUT2D eigenvalue weighted by Gasteiger charge is 2.07. The first-order chi connectivity index (χ1) is 5.69. The van der Waals surface area contributed by atoms with Crippen LogP contribution in [0.1, 0.15) is 5.56 Å². The molecule has 0 saturated carbocycles. The summed E-state index contributed by atoms with van der Waals surface area (Å²) in [5, 5.41) is 0.490. The Hall–Kier alpha value is -0.730. The van der Waals surface area contributed by atoms with E-state index in [4.69, 9.17) is 27.9 Å². The van der Waals surface area contributed by atoms with Crippen LogP contribution in [0.15, 0.2) is 12.1 Å². The molecule has 0 fully saturated rings. The second kappa shape index (κ2) is 3.78. The van der Waals surface area contributed by atoms with Gasteiger partial charge in [0, 0.05) is 0 Å². The fourth-order valence-corrected chi connectivity index (χ4v) is 1.31. The fourth-order valence-electron chi connectivity index (χ4n) is 0.765. The van der Waals surface area contributed by atoms with Gasteiger partial charge in [0.15, 0.2) is 0 Å². The molecule has 0 aromatic heterocycles. The first-order valence-electron chi connectivity index (χ1n) is 3.10. The van der Waals surface area contributed by atoms with E-state index in [9.17, 15) is 4.79 Å². The van der Waals surface area contributed by atoms with Crippen molar-refractivity contribution in [3.05, 3.63) is 27.7 Å². The van der Waals surface area contributed by atoms with Gasteiger partial charge in [-0.1, -0.05) is 23.2 Å². The van der Waals surface area contributed by atoms with E-state index < -0.39 is 0 Å². The molecule has 0 N–H and O–H groups in total. The first-order valence-corrected chi connectivity index (χ1v) is 3.86. The topological polar surface area (TPSA) is 26.3 Å². The van der Waals surface area contributed by atoms with Crippen molar-refractivity contribution >= 4 is 29.5 Å². The Morgan fingerprint density at radius 3 is 2.17 bits per heavy atom. The maximum atomic E-state index is 10.3. The van der Waals surface area contributed by atoms with Gasteiger partial charge >= 0.3 is 0 Å². The van der Waals surface area contributed by atoms with E-state index in [0.29, 0.717) is 5.75 Å². The molecule has 12 heavy (non-hydrogen) atoms. The minimum atomic E-state index is 0.166. The molecule has 0 aliphatic carbocycles. The van der Waals surface area contributed by atoms with Gasteiger partial charge in [0.2, 0.25) is 6.29 Å². The van der Waals surface area contributed by atoms with Crippen molar-refractivity contribution in [3.8, 4) is 5.75 Å². The lowest BCUT2D eigenvalue weighted by Crippen LogP contribution is -1.88. The van der Waals surface area contributed by atoms with Crippen molar-refractivity contribution in [1.82, 2.24) is 0 Å². The predicted molar refractivity (Wildman–Crippen MR) is 47.8 cm³/mol. The maximum Gasteiger partial charge on any atom is 0.236 e. The second-order valence-corrected chi connectivity index (χ2v) is 2.88. The van der Waals surface area contributed by atoms with Crippen molar-refractivity contribution in [2.24, 2.45) is 0 Å². The summed E-state index contributed by atoms with van der Waals surface area (Å²) in [4.78, 5) is 10.3. The molecule has 1 aromatic rings. The number of methoxy groups -OCH3 is 1. The average Bonchev–Trinajstić information content (AvgIpc) is 2.03. The summed E-state index contributed by atoms with van der Waals surface area (Å²) in [6.07, 6.45) is 1.65. The van der Waals surface area contributed by atoms with Gasteiger partial charge in [-0.15, -0.1) is 0 Å². The van der Waals surface area contributed by atoms with E-state index in [1.165, 1.54) is 19.2 Å². The summed E-state index contributed by atoms with van der Waals surface area (Å²) in [5.41, 5.74) is 0.166. The Balaban J connectivity index is 3.27. The Morgan fingerprint density at radius 2 is 1.83 bits per heavy atom. The largest absolute Gasteiger partial charge is 0.497 e. The Morgan fingerprint density at radius 1 is 1.33 bits per heavy atom. The highest BCUT2D eigenvalue weighted by atomic mass is 35.5. The van der Waals surface area contributed by atoms with Crippen LogP contribution in [0.4, 0.5) is 0 Å². The van der Waals surface area contributed by atoms with Gasteiger partial charge in [0.25, 0.3) is 0 Å². The molecular weight excluding hydrogens is 199 g/mol. The number of halogens is 2. The van der Waals surface area contributed by atoms with E-state index >= 15 is 0 Å². The molecule has 0 heterocycles. The number of ether oxygens (including phenoxy) is 1. The number of benzene rings is 1. The molecule has 1 aromatic carbocycles. The van der Waals surface area contributed by atoms with Crippen LogP contribution in [-0.2, 0) is 4.79 Å². The summed E-state index contributed by atoms with van der Waals surface area (Å²) >= 11 is 11.4. The van der Waals surface area contributed by atoms with Crippen LogP contribution in [-0.4, -0.2) is 13.4 Å². The monoisotopic (exact) mass is 203 g/mol. The van der Waals surface area contributed by atoms with Crippen LogP contribution >= 0.6 is 23.2 Å². The third-order valence-electron chi connectivity index (χ3n) is 1.35. The smallest absolute Gasteiger partial charge is 0.236 e. The quantitative estimate of drug-likeness (QED) is 0.739.